The average Bonchev–Trinajstić information content (AvgIpc) is 3.34. The number of aromatic amines is 1. The molecule has 40 heavy (non-hydrogen) atoms. The van der Waals surface area contributed by atoms with Gasteiger partial charge in [0, 0.05) is 38.8 Å². The molecule has 9 heteroatoms. The molecule has 1 aromatic heterocycles. The van der Waals surface area contributed by atoms with E-state index in [2.05, 4.69) is 4.98 Å². The molecule has 2 aromatic carbocycles. The number of H-pyrrole nitrogens is 1. The van der Waals surface area contributed by atoms with E-state index in [1.807, 2.05) is 78.9 Å². The summed E-state index contributed by atoms with van der Waals surface area (Å²) in [5, 5.41) is 21.5. The Hall–Kier alpha value is -3.60. The molecule has 3 aromatic rings. The maximum atomic E-state index is 13.7. The summed E-state index contributed by atoms with van der Waals surface area (Å²) >= 11 is 0. The van der Waals surface area contributed by atoms with Crippen molar-refractivity contribution in [3.05, 3.63) is 128 Å². The number of nitrogens with one attached hydrogen (secondary N) is 1. The molecule has 0 spiro atoms. The van der Waals surface area contributed by atoms with Gasteiger partial charge in [-0.25, -0.2) is 4.79 Å². The van der Waals surface area contributed by atoms with Crippen molar-refractivity contribution < 1.29 is 24.4 Å². The number of benzene rings is 2. The van der Waals surface area contributed by atoms with Crippen LogP contribution in [-0.2, 0) is 25.4 Å². The number of aromatic nitrogens is 2. The molecule has 1 aliphatic heterocycles. The summed E-state index contributed by atoms with van der Waals surface area (Å²) in [5.41, 5.74) is -1.46. The molecule has 0 bridgehead atoms. The van der Waals surface area contributed by atoms with Crippen molar-refractivity contribution >= 4 is 0 Å². The van der Waals surface area contributed by atoms with Crippen LogP contribution in [0, 0.1) is 6.92 Å². The molecular weight excluding hydrogens is 512 g/mol. The normalized spacial score (nSPS) is 24.2. The fraction of sp³-hybridized carbons (Fsp3) is 0.355. The lowest BCUT2D eigenvalue weighted by molar-refractivity contribution is -0.169. The summed E-state index contributed by atoms with van der Waals surface area (Å²) in [4.78, 5) is 28.6. The Morgan fingerprint density at radius 3 is 2.12 bits per heavy atom. The van der Waals surface area contributed by atoms with Crippen molar-refractivity contribution in [3.63, 3.8) is 0 Å². The second kappa shape index (κ2) is 10.8. The molecule has 0 saturated carbocycles. The van der Waals surface area contributed by atoms with Gasteiger partial charge in [-0.05, 0) is 29.7 Å². The zero-order valence-electron chi connectivity index (χ0n) is 22.7. The van der Waals surface area contributed by atoms with Gasteiger partial charge in [0.2, 0.25) is 0 Å². The first kappa shape index (κ1) is 27.9. The van der Waals surface area contributed by atoms with Gasteiger partial charge in [-0.2, -0.15) is 0 Å². The van der Waals surface area contributed by atoms with Crippen LogP contribution < -0.4 is 11.2 Å². The predicted molar refractivity (Wildman–Crippen MR) is 149 cm³/mol. The Balaban J connectivity index is 1.95. The van der Waals surface area contributed by atoms with Gasteiger partial charge in [0.15, 0.2) is 11.5 Å². The number of allylic oxidation sites excluding steroid dienone is 1. The molecule has 3 atom stereocenters. The van der Waals surface area contributed by atoms with Gasteiger partial charge in [0.25, 0.3) is 5.56 Å². The quantitative estimate of drug-likeness (QED) is 0.371. The molecule has 1 aliphatic carbocycles. The highest BCUT2D eigenvalue weighted by atomic mass is 16.7. The number of methoxy groups -OCH3 is 2. The first-order valence-electron chi connectivity index (χ1n) is 13.2. The van der Waals surface area contributed by atoms with Gasteiger partial charge in [-0.3, -0.25) is 14.3 Å². The summed E-state index contributed by atoms with van der Waals surface area (Å²) in [7, 11) is 3.14. The molecule has 2 heterocycles. The van der Waals surface area contributed by atoms with Crippen LogP contribution in [0.3, 0.4) is 0 Å². The summed E-state index contributed by atoms with van der Waals surface area (Å²) < 4.78 is 19.4. The number of nitrogens with zero attached hydrogens (tertiary/aromatic N) is 1. The third-order valence-electron chi connectivity index (χ3n) is 8.20. The first-order chi connectivity index (χ1) is 19.3. The van der Waals surface area contributed by atoms with E-state index in [9.17, 15) is 19.8 Å². The smallest absolute Gasteiger partial charge is 0.330 e. The van der Waals surface area contributed by atoms with Crippen LogP contribution in [-0.4, -0.2) is 58.6 Å². The Labute approximate surface area is 232 Å². The zero-order chi connectivity index (χ0) is 28.5. The average molecular weight is 547 g/mol. The predicted octanol–water partition coefficient (Wildman–Crippen LogP) is 2.50. The van der Waals surface area contributed by atoms with Crippen molar-refractivity contribution in [1.82, 2.24) is 9.55 Å². The molecule has 3 N–H and O–H groups in total. The maximum Gasteiger partial charge on any atom is 0.330 e. The number of aryl methyl sites for hydroxylation is 1. The number of aliphatic hydroxyl groups excluding tert-OH is 2. The lowest BCUT2D eigenvalue weighted by Crippen LogP contribution is -2.59. The number of hydrogen-bond acceptors (Lipinski definition) is 7. The van der Waals surface area contributed by atoms with Crippen molar-refractivity contribution in [2.75, 3.05) is 20.8 Å². The van der Waals surface area contributed by atoms with Gasteiger partial charge in [0.1, 0.15) is 6.10 Å². The van der Waals surface area contributed by atoms with Crippen molar-refractivity contribution in [1.29, 1.82) is 0 Å². The Kier molecular flexibility index (Phi) is 7.52. The van der Waals surface area contributed by atoms with E-state index in [0.29, 0.717) is 12.0 Å². The highest BCUT2D eigenvalue weighted by molar-refractivity contribution is 5.57. The molecule has 0 unspecified atom stereocenters. The lowest BCUT2D eigenvalue weighted by Gasteiger charge is -2.51. The van der Waals surface area contributed by atoms with Gasteiger partial charge < -0.3 is 24.4 Å². The first-order valence-corrected chi connectivity index (χ1v) is 13.2. The minimum atomic E-state index is -1.62. The summed E-state index contributed by atoms with van der Waals surface area (Å²) in [5.74, 6) is -0.981. The SMILES string of the molecule is COC1(OC)C=CC(C(c2ccccc2)(c2ccccc2)[C@]2(n3cc(C)c(=O)[nH]c3=O)C[C@H](O)[C@@H](CO)O2)=CC1. The third kappa shape index (κ3) is 4.22. The second-order valence-electron chi connectivity index (χ2n) is 10.2. The van der Waals surface area contributed by atoms with Crippen LogP contribution in [0.1, 0.15) is 29.5 Å². The number of hydrogen-bond donors (Lipinski definition) is 3. The largest absolute Gasteiger partial charge is 0.394 e. The molecule has 0 amide bonds. The maximum absolute atomic E-state index is 13.7. The van der Waals surface area contributed by atoms with Crippen LogP contribution >= 0.6 is 0 Å². The van der Waals surface area contributed by atoms with Crippen LogP contribution in [0.5, 0.6) is 0 Å². The standard InChI is InChI=1S/C31H34N2O7/c1-21-19-33(28(37)32-27(21)36)30(18-25(35)26(20-34)40-30)31(22-10-6-4-7-11-22,23-12-8-5-9-13-23)24-14-16-29(38-2,39-3)17-15-24/h4-16,19,25-26,34-35H,17-18,20H2,1-3H3,(H,32,36,37)/t25-,26+,30-/m0/s1. The van der Waals surface area contributed by atoms with E-state index in [-0.39, 0.29) is 6.42 Å². The van der Waals surface area contributed by atoms with Crippen LogP contribution in [0.25, 0.3) is 0 Å². The monoisotopic (exact) mass is 546 g/mol. The van der Waals surface area contributed by atoms with E-state index < -0.39 is 47.0 Å². The van der Waals surface area contributed by atoms with E-state index in [1.165, 1.54) is 10.8 Å². The van der Waals surface area contributed by atoms with Crippen LogP contribution in [0.4, 0.5) is 0 Å². The van der Waals surface area contributed by atoms with Crippen LogP contribution in [0.15, 0.2) is 100 Å². The molecule has 9 nitrogen and oxygen atoms in total. The van der Waals surface area contributed by atoms with Crippen molar-refractivity contribution in [2.45, 2.75) is 48.9 Å². The fourth-order valence-electron chi connectivity index (χ4n) is 6.19. The van der Waals surface area contributed by atoms with E-state index in [1.54, 1.807) is 21.1 Å². The number of ether oxygens (including phenoxy) is 3. The lowest BCUT2D eigenvalue weighted by atomic mass is 9.60. The Morgan fingerprint density at radius 2 is 1.65 bits per heavy atom. The van der Waals surface area contributed by atoms with E-state index in [0.717, 1.165) is 16.7 Å². The molecule has 2 aliphatic rings. The summed E-state index contributed by atoms with van der Waals surface area (Å²) in [6.45, 7) is 1.14. The fourth-order valence-corrected chi connectivity index (χ4v) is 6.19. The summed E-state index contributed by atoms with van der Waals surface area (Å²) in [6, 6.07) is 19.2. The highest BCUT2D eigenvalue weighted by Crippen LogP contribution is 2.58. The number of aliphatic hydroxyl groups is 2. The topological polar surface area (TPSA) is 123 Å². The molecule has 0 radical (unpaired) electrons. The van der Waals surface area contributed by atoms with E-state index in [4.69, 9.17) is 14.2 Å². The minimum Gasteiger partial charge on any atom is -0.394 e. The Bertz CT molecular complexity index is 1480. The minimum absolute atomic E-state index is 0.0573. The number of rotatable bonds is 8. The summed E-state index contributed by atoms with van der Waals surface area (Å²) in [6.07, 6.45) is 5.37. The molecular formula is C31H34N2O7. The molecule has 5 rings (SSSR count). The zero-order valence-corrected chi connectivity index (χ0v) is 22.7. The molecule has 1 fully saturated rings. The second-order valence-corrected chi connectivity index (χ2v) is 10.2. The van der Waals surface area contributed by atoms with Crippen molar-refractivity contribution in [2.24, 2.45) is 0 Å². The van der Waals surface area contributed by atoms with Gasteiger partial charge in [-0.1, -0.05) is 72.8 Å². The van der Waals surface area contributed by atoms with Gasteiger partial charge in [0.05, 0.1) is 18.1 Å². The van der Waals surface area contributed by atoms with Gasteiger partial charge >= 0.3 is 5.69 Å². The van der Waals surface area contributed by atoms with Crippen LogP contribution in [0.2, 0.25) is 0 Å². The Morgan fingerprint density at radius 1 is 1.05 bits per heavy atom. The third-order valence-corrected chi connectivity index (χ3v) is 8.20. The van der Waals surface area contributed by atoms with E-state index >= 15 is 0 Å². The molecule has 1 saturated heterocycles. The van der Waals surface area contributed by atoms with Gasteiger partial charge in [-0.15, -0.1) is 0 Å². The van der Waals surface area contributed by atoms with Crippen molar-refractivity contribution in [3.8, 4) is 0 Å². The molecule has 210 valence electrons. The highest BCUT2D eigenvalue weighted by Gasteiger charge is 2.64.